The Morgan fingerprint density at radius 1 is 1.00 bits per heavy atom. The fourth-order valence-corrected chi connectivity index (χ4v) is 2.84. The maximum absolute atomic E-state index is 5.71. The largest absolute Gasteiger partial charge is 0.494 e. The van der Waals surface area contributed by atoms with E-state index in [1.54, 1.807) is 13.2 Å². The van der Waals surface area contributed by atoms with Crippen molar-refractivity contribution in [2.24, 2.45) is 4.99 Å². The number of rotatable bonds is 9. The highest BCUT2D eigenvalue weighted by Gasteiger charge is 2.04. The first-order valence-corrected chi connectivity index (χ1v) is 9.52. The molecule has 0 saturated carbocycles. The second-order valence-electron chi connectivity index (χ2n) is 6.34. The second-order valence-corrected chi connectivity index (χ2v) is 6.34. The molecule has 0 unspecified atom stereocenters. The van der Waals surface area contributed by atoms with Crippen LogP contribution >= 0.6 is 0 Å². The number of aliphatic imine (C=N–C) groups is 1. The number of guanidine groups is 1. The summed E-state index contributed by atoms with van der Waals surface area (Å²) in [7, 11) is 1.78. The van der Waals surface area contributed by atoms with Crippen LogP contribution in [0.1, 0.15) is 17.5 Å². The highest BCUT2D eigenvalue weighted by atomic mass is 16.5. The molecular formula is C22H27N5O. The number of hydrogen-bond acceptors (Lipinski definition) is 3. The van der Waals surface area contributed by atoms with Crippen molar-refractivity contribution < 1.29 is 4.74 Å². The third kappa shape index (κ3) is 6.16. The lowest BCUT2D eigenvalue weighted by atomic mass is 10.1. The molecule has 0 amide bonds. The zero-order valence-corrected chi connectivity index (χ0v) is 16.2. The van der Waals surface area contributed by atoms with Crippen molar-refractivity contribution in [2.45, 2.75) is 19.5 Å². The summed E-state index contributed by atoms with van der Waals surface area (Å²) in [4.78, 5) is 4.30. The second kappa shape index (κ2) is 10.8. The SMILES string of the molecule is CN=C(NCCCOc1ccccc1)NCc1ccccc1Cn1cccn1. The van der Waals surface area contributed by atoms with Crippen molar-refractivity contribution in [3.8, 4) is 5.75 Å². The van der Waals surface area contributed by atoms with Crippen molar-refractivity contribution in [1.82, 2.24) is 20.4 Å². The molecule has 3 aromatic rings. The van der Waals surface area contributed by atoms with E-state index in [1.165, 1.54) is 11.1 Å². The summed E-state index contributed by atoms with van der Waals surface area (Å²) in [6.45, 7) is 2.92. The Morgan fingerprint density at radius 2 is 1.79 bits per heavy atom. The minimum atomic E-state index is 0.667. The molecule has 2 N–H and O–H groups in total. The molecule has 0 spiro atoms. The molecule has 0 saturated heterocycles. The summed E-state index contributed by atoms with van der Waals surface area (Å²) >= 11 is 0. The molecule has 0 bridgehead atoms. The molecular weight excluding hydrogens is 350 g/mol. The summed E-state index contributed by atoms with van der Waals surface area (Å²) in [5.41, 5.74) is 2.47. The Hall–Kier alpha value is -3.28. The third-order valence-electron chi connectivity index (χ3n) is 4.31. The Balaban J connectivity index is 1.42. The first-order chi connectivity index (χ1) is 13.8. The Morgan fingerprint density at radius 3 is 2.54 bits per heavy atom. The van der Waals surface area contributed by atoms with Crippen LogP contribution in [0.4, 0.5) is 0 Å². The van der Waals surface area contributed by atoms with Crippen LogP contribution in [0.15, 0.2) is 78.0 Å². The average molecular weight is 377 g/mol. The summed E-state index contributed by atoms with van der Waals surface area (Å²) < 4.78 is 7.64. The number of ether oxygens (including phenoxy) is 1. The molecule has 1 aromatic heterocycles. The van der Waals surface area contributed by atoms with Gasteiger partial charge in [-0.3, -0.25) is 9.67 Å². The maximum atomic E-state index is 5.71. The van der Waals surface area contributed by atoms with Crippen LogP contribution in [0.2, 0.25) is 0 Å². The summed E-state index contributed by atoms with van der Waals surface area (Å²) in [6.07, 6.45) is 4.67. The zero-order valence-electron chi connectivity index (χ0n) is 16.2. The first kappa shape index (κ1) is 19.5. The van der Waals surface area contributed by atoms with E-state index >= 15 is 0 Å². The Labute approximate surface area is 166 Å². The average Bonchev–Trinajstić information content (AvgIpc) is 3.25. The number of benzene rings is 2. The van der Waals surface area contributed by atoms with Crippen molar-refractivity contribution in [3.05, 3.63) is 84.2 Å². The molecule has 0 aliphatic rings. The standard InChI is InChI=1S/C22H27N5O/c1-23-22(24-13-8-16-28-21-11-3-2-4-12-21)25-17-19-9-5-6-10-20(19)18-27-15-7-14-26-27/h2-7,9-12,14-15H,8,13,16-18H2,1H3,(H2,23,24,25). The molecule has 0 aliphatic heterocycles. The van der Waals surface area contributed by atoms with Gasteiger partial charge >= 0.3 is 0 Å². The first-order valence-electron chi connectivity index (χ1n) is 9.52. The number of para-hydroxylation sites is 1. The lowest BCUT2D eigenvalue weighted by molar-refractivity contribution is 0.311. The molecule has 0 atom stereocenters. The van der Waals surface area contributed by atoms with Crippen molar-refractivity contribution in [1.29, 1.82) is 0 Å². The molecule has 3 rings (SSSR count). The lowest BCUT2D eigenvalue weighted by Gasteiger charge is -2.14. The van der Waals surface area contributed by atoms with E-state index < -0.39 is 0 Å². The van der Waals surface area contributed by atoms with Gasteiger partial charge in [-0.2, -0.15) is 5.10 Å². The van der Waals surface area contributed by atoms with E-state index in [9.17, 15) is 0 Å². The van der Waals surface area contributed by atoms with Gasteiger partial charge in [0.1, 0.15) is 5.75 Å². The molecule has 1 heterocycles. The maximum Gasteiger partial charge on any atom is 0.191 e. The van der Waals surface area contributed by atoms with Gasteiger partial charge in [0.05, 0.1) is 13.2 Å². The van der Waals surface area contributed by atoms with E-state index in [0.29, 0.717) is 13.2 Å². The van der Waals surface area contributed by atoms with E-state index in [0.717, 1.165) is 31.2 Å². The molecule has 146 valence electrons. The van der Waals surface area contributed by atoms with Crippen LogP contribution in [0.25, 0.3) is 0 Å². The number of hydrogen-bond donors (Lipinski definition) is 2. The van der Waals surface area contributed by atoms with Gasteiger partial charge in [0.2, 0.25) is 0 Å². The molecule has 28 heavy (non-hydrogen) atoms. The monoisotopic (exact) mass is 377 g/mol. The highest BCUT2D eigenvalue weighted by molar-refractivity contribution is 5.79. The smallest absolute Gasteiger partial charge is 0.191 e. The predicted molar refractivity (Wildman–Crippen MR) is 113 cm³/mol. The van der Waals surface area contributed by atoms with Gasteiger partial charge in [-0.25, -0.2) is 0 Å². The van der Waals surface area contributed by atoms with Gasteiger partial charge in [-0.1, -0.05) is 42.5 Å². The van der Waals surface area contributed by atoms with Crippen LogP contribution in [0, 0.1) is 0 Å². The predicted octanol–water partition coefficient (Wildman–Crippen LogP) is 3.07. The van der Waals surface area contributed by atoms with E-state index in [1.807, 2.05) is 47.3 Å². The minimum Gasteiger partial charge on any atom is -0.494 e. The van der Waals surface area contributed by atoms with Gasteiger partial charge < -0.3 is 15.4 Å². The number of nitrogens with one attached hydrogen (secondary N) is 2. The van der Waals surface area contributed by atoms with Crippen LogP contribution in [-0.4, -0.2) is 35.9 Å². The van der Waals surface area contributed by atoms with Gasteiger partial charge in [0, 0.05) is 32.5 Å². The fourth-order valence-electron chi connectivity index (χ4n) is 2.84. The molecule has 0 aliphatic carbocycles. The Kier molecular flexibility index (Phi) is 7.49. The van der Waals surface area contributed by atoms with Crippen molar-refractivity contribution >= 4 is 5.96 Å². The number of aromatic nitrogens is 2. The van der Waals surface area contributed by atoms with E-state index in [2.05, 4.69) is 45.0 Å². The van der Waals surface area contributed by atoms with Gasteiger partial charge in [0.15, 0.2) is 5.96 Å². The molecule has 2 aromatic carbocycles. The van der Waals surface area contributed by atoms with E-state index in [4.69, 9.17) is 4.74 Å². The van der Waals surface area contributed by atoms with Crippen LogP contribution in [0.3, 0.4) is 0 Å². The third-order valence-corrected chi connectivity index (χ3v) is 4.31. The van der Waals surface area contributed by atoms with Gasteiger partial charge in [0.25, 0.3) is 0 Å². The summed E-state index contributed by atoms with van der Waals surface area (Å²) in [5.74, 6) is 1.69. The van der Waals surface area contributed by atoms with E-state index in [-0.39, 0.29) is 0 Å². The lowest BCUT2D eigenvalue weighted by Crippen LogP contribution is -2.37. The molecule has 0 fully saturated rings. The Bertz CT molecular complexity index is 846. The normalized spacial score (nSPS) is 11.2. The topological polar surface area (TPSA) is 63.5 Å². The van der Waals surface area contributed by atoms with Gasteiger partial charge in [-0.15, -0.1) is 0 Å². The fraction of sp³-hybridized carbons (Fsp3) is 0.273. The molecule has 6 heteroatoms. The van der Waals surface area contributed by atoms with Gasteiger partial charge in [-0.05, 0) is 35.7 Å². The van der Waals surface area contributed by atoms with Crippen LogP contribution < -0.4 is 15.4 Å². The van der Waals surface area contributed by atoms with Crippen molar-refractivity contribution in [3.63, 3.8) is 0 Å². The van der Waals surface area contributed by atoms with Crippen LogP contribution in [-0.2, 0) is 13.1 Å². The highest BCUT2D eigenvalue weighted by Crippen LogP contribution is 2.10. The molecule has 0 radical (unpaired) electrons. The number of nitrogens with zero attached hydrogens (tertiary/aromatic N) is 3. The molecule has 6 nitrogen and oxygen atoms in total. The van der Waals surface area contributed by atoms with Crippen molar-refractivity contribution in [2.75, 3.05) is 20.2 Å². The zero-order chi connectivity index (χ0) is 19.4. The summed E-state index contributed by atoms with van der Waals surface area (Å²) in [5, 5.41) is 11.0. The van der Waals surface area contributed by atoms with Crippen LogP contribution in [0.5, 0.6) is 5.75 Å². The minimum absolute atomic E-state index is 0.667. The summed E-state index contributed by atoms with van der Waals surface area (Å²) in [6, 6.07) is 20.2. The quantitative estimate of drug-likeness (QED) is 0.342.